The number of carboxylic acid groups (broad SMARTS) is 1. The highest BCUT2D eigenvalue weighted by molar-refractivity contribution is 5.99. The standard InChI is InChI=1S/C22H24FN3O6/c23-18-11-14(5-6-19(18)24-7-9-32-10-8-24)25(22(30)31)12-15(27)13-26-20(28)16-3-1-2-4-17(16)21(26)29/h1-6,11,15,20,27-28H,7-10,12-13H2,(H,30,31)/t15-,20?/m1/s1. The van der Waals surface area contributed by atoms with Crippen LogP contribution in [-0.2, 0) is 4.74 Å². The smallest absolute Gasteiger partial charge is 0.411 e. The third-order valence-corrected chi connectivity index (χ3v) is 5.65. The predicted molar refractivity (Wildman–Crippen MR) is 113 cm³/mol. The summed E-state index contributed by atoms with van der Waals surface area (Å²) in [6.07, 6.45) is -3.91. The van der Waals surface area contributed by atoms with Crippen molar-refractivity contribution in [3.05, 3.63) is 59.4 Å². The molecule has 2 aliphatic rings. The lowest BCUT2D eigenvalue weighted by molar-refractivity contribution is -0.00212. The largest absolute Gasteiger partial charge is 0.465 e. The lowest BCUT2D eigenvalue weighted by atomic mass is 10.1. The first kappa shape index (κ1) is 22.0. The maximum atomic E-state index is 14.7. The van der Waals surface area contributed by atoms with E-state index < -0.39 is 36.7 Å². The summed E-state index contributed by atoms with van der Waals surface area (Å²) in [6.45, 7) is 1.35. The Morgan fingerprint density at radius 1 is 1.22 bits per heavy atom. The van der Waals surface area contributed by atoms with E-state index >= 15 is 0 Å². The summed E-state index contributed by atoms with van der Waals surface area (Å²) in [6, 6.07) is 10.6. The summed E-state index contributed by atoms with van der Waals surface area (Å²) in [4.78, 5) is 28.1. The van der Waals surface area contributed by atoms with Crippen LogP contribution in [0.2, 0.25) is 0 Å². The molecule has 2 heterocycles. The second-order valence-electron chi connectivity index (χ2n) is 7.70. The summed E-state index contributed by atoms with van der Waals surface area (Å²) in [5.74, 6) is -1.03. The van der Waals surface area contributed by atoms with Gasteiger partial charge in [0, 0.05) is 24.2 Å². The van der Waals surface area contributed by atoms with Gasteiger partial charge in [0.15, 0.2) is 6.23 Å². The topological polar surface area (TPSA) is 114 Å². The van der Waals surface area contributed by atoms with Crippen molar-refractivity contribution in [2.45, 2.75) is 12.3 Å². The van der Waals surface area contributed by atoms with Gasteiger partial charge in [-0.2, -0.15) is 0 Å². The molecule has 1 unspecified atom stereocenters. The van der Waals surface area contributed by atoms with Crippen molar-refractivity contribution >= 4 is 23.4 Å². The van der Waals surface area contributed by atoms with Crippen LogP contribution in [0.4, 0.5) is 20.6 Å². The first-order valence-electron chi connectivity index (χ1n) is 10.3. The number of amides is 2. The zero-order chi connectivity index (χ0) is 22.8. The van der Waals surface area contributed by atoms with E-state index in [2.05, 4.69) is 0 Å². The summed E-state index contributed by atoms with van der Waals surface area (Å²) >= 11 is 0. The predicted octanol–water partition coefficient (Wildman–Crippen LogP) is 1.65. The molecule has 32 heavy (non-hydrogen) atoms. The molecule has 1 saturated heterocycles. The number of aliphatic hydroxyl groups is 2. The molecule has 0 saturated carbocycles. The summed E-state index contributed by atoms with van der Waals surface area (Å²) in [5, 5.41) is 30.5. The van der Waals surface area contributed by atoms with Crippen LogP contribution in [0.15, 0.2) is 42.5 Å². The highest BCUT2D eigenvalue weighted by atomic mass is 19.1. The van der Waals surface area contributed by atoms with Gasteiger partial charge >= 0.3 is 6.09 Å². The van der Waals surface area contributed by atoms with Crippen LogP contribution in [0.1, 0.15) is 22.1 Å². The molecule has 0 aromatic heterocycles. The third kappa shape index (κ3) is 4.24. The molecule has 2 amide bonds. The van der Waals surface area contributed by atoms with E-state index in [0.717, 1.165) is 15.9 Å². The lowest BCUT2D eigenvalue weighted by Gasteiger charge is -2.30. The van der Waals surface area contributed by atoms with Gasteiger partial charge in [-0.05, 0) is 24.3 Å². The van der Waals surface area contributed by atoms with Gasteiger partial charge in [0.1, 0.15) is 5.82 Å². The molecule has 2 aromatic carbocycles. The Labute approximate surface area is 183 Å². The van der Waals surface area contributed by atoms with Gasteiger partial charge in [-0.15, -0.1) is 0 Å². The van der Waals surface area contributed by atoms with Crippen LogP contribution in [0, 0.1) is 5.82 Å². The number of hydrogen-bond acceptors (Lipinski definition) is 6. The van der Waals surface area contributed by atoms with Crippen molar-refractivity contribution in [1.29, 1.82) is 0 Å². The molecule has 170 valence electrons. The van der Waals surface area contributed by atoms with Crippen molar-refractivity contribution in [1.82, 2.24) is 4.90 Å². The van der Waals surface area contributed by atoms with Crippen LogP contribution in [0.5, 0.6) is 0 Å². The Balaban J connectivity index is 1.46. The normalized spacial score (nSPS) is 19.1. The van der Waals surface area contributed by atoms with Crippen molar-refractivity contribution in [2.24, 2.45) is 0 Å². The molecule has 0 spiro atoms. The van der Waals surface area contributed by atoms with Gasteiger partial charge in [-0.25, -0.2) is 9.18 Å². The van der Waals surface area contributed by atoms with Gasteiger partial charge in [-0.3, -0.25) is 9.69 Å². The highest BCUT2D eigenvalue weighted by Crippen LogP contribution is 2.32. The third-order valence-electron chi connectivity index (χ3n) is 5.65. The first-order chi connectivity index (χ1) is 15.4. The summed E-state index contributed by atoms with van der Waals surface area (Å²) in [5.41, 5.74) is 1.18. The maximum Gasteiger partial charge on any atom is 0.411 e. The monoisotopic (exact) mass is 445 g/mol. The quantitative estimate of drug-likeness (QED) is 0.620. The van der Waals surface area contributed by atoms with Gasteiger partial charge in [-0.1, -0.05) is 18.2 Å². The van der Waals surface area contributed by atoms with E-state index in [9.17, 15) is 29.3 Å². The number of rotatable bonds is 6. The fourth-order valence-electron chi connectivity index (χ4n) is 4.05. The molecular weight excluding hydrogens is 421 g/mol. The minimum atomic E-state index is -1.38. The zero-order valence-corrected chi connectivity index (χ0v) is 17.2. The van der Waals surface area contributed by atoms with Gasteiger partial charge < -0.3 is 29.9 Å². The van der Waals surface area contributed by atoms with Crippen molar-refractivity contribution in [3.8, 4) is 0 Å². The molecule has 0 aliphatic carbocycles. The lowest BCUT2D eigenvalue weighted by Crippen LogP contribution is -2.43. The molecule has 2 atom stereocenters. The Kier molecular flexibility index (Phi) is 6.26. The van der Waals surface area contributed by atoms with Crippen LogP contribution in [0.3, 0.4) is 0 Å². The summed E-state index contributed by atoms with van der Waals surface area (Å²) < 4.78 is 20.0. The Hall–Kier alpha value is -3.21. The molecule has 0 radical (unpaired) electrons. The van der Waals surface area contributed by atoms with Crippen molar-refractivity contribution < 1.29 is 34.0 Å². The van der Waals surface area contributed by atoms with E-state index in [-0.39, 0.29) is 12.2 Å². The number of benzene rings is 2. The van der Waals surface area contributed by atoms with Crippen LogP contribution in [0.25, 0.3) is 0 Å². The Bertz CT molecular complexity index is 1010. The number of ether oxygens (including phenoxy) is 1. The number of carbonyl (C=O) groups excluding carboxylic acids is 1. The molecule has 2 aromatic rings. The molecule has 2 aliphatic heterocycles. The number of hydrogen-bond donors (Lipinski definition) is 3. The second-order valence-corrected chi connectivity index (χ2v) is 7.70. The highest BCUT2D eigenvalue weighted by Gasteiger charge is 2.36. The number of anilines is 2. The van der Waals surface area contributed by atoms with Crippen molar-refractivity contribution in [3.63, 3.8) is 0 Å². The molecular formula is C22H24FN3O6. The van der Waals surface area contributed by atoms with Crippen LogP contribution >= 0.6 is 0 Å². The minimum Gasteiger partial charge on any atom is -0.465 e. The Morgan fingerprint density at radius 2 is 1.94 bits per heavy atom. The van der Waals surface area contributed by atoms with E-state index in [1.54, 1.807) is 24.3 Å². The molecule has 4 rings (SSSR count). The van der Waals surface area contributed by atoms with Gasteiger partial charge in [0.25, 0.3) is 5.91 Å². The molecule has 3 N–H and O–H groups in total. The number of nitrogens with zero attached hydrogens (tertiary/aromatic N) is 3. The number of fused-ring (bicyclic) bond motifs is 1. The molecule has 1 fully saturated rings. The summed E-state index contributed by atoms with van der Waals surface area (Å²) in [7, 11) is 0. The number of carbonyl (C=O) groups is 2. The van der Waals surface area contributed by atoms with Crippen molar-refractivity contribution in [2.75, 3.05) is 49.2 Å². The van der Waals surface area contributed by atoms with Gasteiger partial charge in [0.2, 0.25) is 0 Å². The van der Waals surface area contributed by atoms with E-state index in [0.29, 0.717) is 43.1 Å². The molecule has 10 heteroatoms. The van der Waals surface area contributed by atoms with E-state index in [1.807, 2.05) is 4.90 Å². The van der Waals surface area contributed by atoms with Gasteiger partial charge in [0.05, 0.1) is 43.8 Å². The average molecular weight is 445 g/mol. The number of halogens is 1. The minimum absolute atomic E-state index is 0.0580. The number of aliphatic hydroxyl groups excluding tert-OH is 2. The first-order valence-corrected chi connectivity index (χ1v) is 10.3. The molecule has 0 bridgehead atoms. The second kappa shape index (κ2) is 9.11. The van der Waals surface area contributed by atoms with E-state index in [1.165, 1.54) is 12.1 Å². The van der Waals surface area contributed by atoms with Crippen LogP contribution < -0.4 is 9.80 Å². The zero-order valence-electron chi connectivity index (χ0n) is 17.2. The fraction of sp³-hybridized carbons (Fsp3) is 0.364. The fourth-order valence-corrected chi connectivity index (χ4v) is 4.05. The SMILES string of the molecule is O=C(O)N(C[C@@H](O)CN1C(=O)c2ccccc2C1O)c1ccc(N2CCOCC2)c(F)c1. The maximum absolute atomic E-state index is 14.7. The number of β-amino-alcohol motifs (C(OH)–C–C–N with tert-alkyl or cyclic N) is 1. The Morgan fingerprint density at radius 3 is 2.59 bits per heavy atom. The molecule has 9 nitrogen and oxygen atoms in total. The van der Waals surface area contributed by atoms with Crippen LogP contribution in [-0.4, -0.2) is 77.7 Å². The van der Waals surface area contributed by atoms with E-state index in [4.69, 9.17) is 4.74 Å². The average Bonchev–Trinajstić information content (AvgIpc) is 3.03. The number of morpholine rings is 1.